The van der Waals surface area contributed by atoms with Crippen molar-refractivity contribution in [2.45, 2.75) is 76.3 Å². The van der Waals surface area contributed by atoms with Crippen LogP contribution in [0.15, 0.2) is 0 Å². The van der Waals surface area contributed by atoms with Gasteiger partial charge < -0.3 is 11.1 Å². The van der Waals surface area contributed by atoms with Gasteiger partial charge in [0.2, 0.25) is 5.91 Å². The minimum absolute atomic E-state index is 0.0746. The van der Waals surface area contributed by atoms with Crippen LogP contribution in [0, 0.1) is 5.92 Å². The van der Waals surface area contributed by atoms with E-state index in [-0.39, 0.29) is 5.91 Å². The zero-order valence-electron chi connectivity index (χ0n) is 11.0. The Morgan fingerprint density at radius 2 is 1.59 bits per heavy atom. The van der Waals surface area contributed by atoms with E-state index in [4.69, 9.17) is 5.73 Å². The lowest BCUT2D eigenvalue weighted by Gasteiger charge is -2.28. The van der Waals surface area contributed by atoms with Crippen LogP contribution < -0.4 is 11.1 Å². The van der Waals surface area contributed by atoms with Crippen LogP contribution >= 0.6 is 0 Å². The van der Waals surface area contributed by atoms with Crippen LogP contribution in [0.2, 0.25) is 0 Å². The molecule has 17 heavy (non-hydrogen) atoms. The number of rotatable bonds is 3. The third kappa shape index (κ3) is 3.44. The molecule has 2 saturated carbocycles. The molecule has 2 aliphatic rings. The molecule has 1 amide bonds. The maximum Gasteiger partial charge on any atom is 0.240 e. The molecule has 2 rings (SSSR count). The number of amides is 1. The summed E-state index contributed by atoms with van der Waals surface area (Å²) in [5, 5.41) is 3.18. The highest BCUT2D eigenvalue weighted by atomic mass is 16.2. The molecule has 0 aromatic heterocycles. The summed E-state index contributed by atoms with van der Waals surface area (Å²) in [5.41, 5.74) is 5.50. The van der Waals surface area contributed by atoms with E-state index in [1.54, 1.807) is 0 Å². The molecule has 0 bridgehead atoms. The van der Waals surface area contributed by atoms with Crippen molar-refractivity contribution in [1.82, 2.24) is 5.32 Å². The minimum atomic E-state index is -0.637. The Hall–Kier alpha value is -0.570. The highest BCUT2D eigenvalue weighted by Crippen LogP contribution is 2.38. The number of hydrogen-bond acceptors (Lipinski definition) is 2. The molecule has 0 aromatic rings. The van der Waals surface area contributed by atoms with E-state index in [1.165, 1.54) is 32.1 Å². The van der Waals surface area contributed by atoms with Gasteiger partial charge in [-0.05, 0) is 38.5 Å². The van der Waals surface area contributed by atoms with E-state index in [2.05, 4.69) is 5.32 Å². The predicted octanol–water partition coefficient (Wildman–Crippen LogP) is 2.34. The lowest BCUT2D eigenvalue weighted by Crippen LogP contribution is -2.55. The van der Waals surface area contributed by atoms with Crippen molar-refractivity contribution in [3.63, 3.8) is 0 Å². The quantitative estimate of drug-likeness (QED) is 0.793. The molecular formula is C14H26N2O. The van der Waals surface area contributed by atoms with Gasteiger partial charge in [0.05, 0.1) is 5.54 Å². The molecule has 2 fully saturated rings. The van der Waals surface area contributed by atoms with Gasteiger partial charge in [0.25, 0.3) is 0 Å². The number of carbonyl (C=O) groups excluding carboxylic acids is 1. The minimum Gasteiger partial charge on any atom is -0.352 e. The first kappa shape index (κ1) is 12.9. The zero-order valence-corrected chi connectivity index (χ0v) is 11.0. The molecule has 0 saturated heterocycles. The Labute approximate surface area is 105 Å². The van der Waals surface area contributed by atoms with Crippen molar-refractivity contribution < 1.29 is 4.79 Å². The molecule has 3 heteroatoms. The summed E-state index contributed by atoms with van der Waals surface area (Å²) < 4.78 is 0. The molecular weight excluding hydrogens is 212 g/mol. The molecule has 0 aliphatic heterocycles. The lowest BCUT2D eigenvalue weighted by molar-refractivity contribution is -0.127. The van der Waals surface area contributed by atoms with E-state index in [0.29, 0.717) is 12.0 Å². The molecule has 1 atom stereocenters. The second-order valence-corrected chi connectivity index (χ2v) is 6.07. The van der Waals surface area contributed by atoms with Crippen molar-refractivity contribution in [3.05, 3.63) is 0 Å². The fourth-order valence-corrected chi connectivity index (χ4v) is 2.81. The SMILES string of the molecule is CC(N)(C(=O)NC1CCCCCCC1)C1CC1. The van der Waals surface area contributed by atoms with E-state index in [1.807, 2.05) is 6.92 Å². The summed E-state index contributed by atoms with van der Waals surface area (Å²) in [4.78, 5) is 12.2. The van der Waals surface area contributed by atoms with E-state index in [9.17, 15) is 4.79 Å². The van der Waals surface area contributed by atoms with Gasteiger partial charge in [0.1, 0.15) is 0 Å². The first-order chi connectivity index (χ1) is 8.10. The van der Waals surface area contributed by atoms with Gasteiger partial charge in [-0.1, -0.05) is 32.1 Å². The van der Waals surface area contributed by atoms with Crippen LogP contribution in [0.1, 0.15) is 64.7 Å². The highest BCUT2D eigenvalue weighted by molar-refractivity contribution is 5.86. The normalized spacial score (nSPS) is 26.7. The van der Waals surface area contributed by atoms with E-state index in [0.717, 1.165) is 25.7 Å². The molecule has 2 aliphatic carbocycles. The lowest BCUT2D eigenvalue weighted by atomic mass is 9.93. The summed E-state index contributed by atoms with van der Waals surface area (Å²) in [6.07, 6.45) is 11.0. The third-order valence-corrected chi connectivity index (χ3v) is 4.36. The predicted molar refractivity (Wildman–Crippen MR) is 69.6 cm³/mol. The van der Waals surface area contributed by atoms with Crippen LogP contribution in [0.25, 0.3) is 0 Å². The first-order valence-electron chi connectivity index (χ1n) is 7.20. The Kier molecular flexibility index (Phi) is 4.08. The average molecular weight is 238 g/mol. The second-order valence-electron chi connectivity index (χ2n) is 6.07. The van der Waals surface area contributed by atoms with Gasteiger partial charge in [0.15, 0.2) is 0 Å². The van der Waals surface area contributed by atoms with Gasteiger partial charge in [-0.15, -0.1) is 0 Å². The van der Waals surface area contributed by atoms with Gasteiger partial charge in [-0.2, -0.15) is 0 Å². The average Bonchev–Trinajstić information content (AvgIpc) is 3.05. The molecule has 98 valence electrons. The Morgan fingerprint density at radius 1 is 1.06 bits per heavy atom. The van der Waals surface area contributed by atoms with Crippen LogP contribution in [0.3, 0.4) is 0 Å². The van der Waals surface area contributed by atoms with Crippen LogP contribution in [-0.4, -0.2) is 17.5 Å². The maximum absolute atomic E-state index is 12.2. The van der Waals surface area contributed by atoms with Crippen molar-refractivity contribution in [1.29, 1.82) is 0 Å². The number of nitrogens with one attached hydrogen (secondary N) is 1. The van der Waals surface area contributed by atoms with Gasteiger partial charge in [-0.3, -0.25) is 4.79 Å². The van der Waals surface area contributed by atoms with E-state index >= 15 is 0 Å². The highest BCUT2D eigenvalue weighted by Gasteiger charge is 2.44. The van der Waals surface area contributed by atoms with Crippen molar-refractivity contribution >= 4 is 5.91 Å². The van der Waals surface area contributed by atoms with Gasteiger partial charge in [0, 0.05) is 6.04 Å². The van der Waals surface area contributed by atoms with Crippen LogP contribution in [-0.2, 0) is 4.79 Å². The second kappa shape index (κ2) is 5.38. The molecule has 0 radical (unpaired) electrons. The molecule has 1 unspecified atom stereocenters. The van der Waals surface area contributed by atoms with Gasteiger partial charge >= 0.3 is 0 Å². The summed E-state index contributed by atoms with van der Waals surface area (Å²) in [6.45, 7) is 1.89. The monoisotopic (exact) mass is 238 g/mol. The van der Waals surface area contributed by atoms with Crippen molar-refractivity contribution in [2.24, 2.45) is 11.7 Å². The summed E-state index contributed by atoms with van der Waals surface area (Å²) in [5.74, 6) is 0.488. The zero-order chi connectivity index (χ0) is 12.3. The summed E-state index contributed by atoms with van der Waals surface area (Å²) in [7, 11) is 0. The number of carbonyl (C=O) groups is 1. The summed E-state index contributed by atoms with van der Waals surface area (Å²) in [6, 6.07) is 0.365. The van der Waals surface area contributed by atoms with E-state index < -0.39 is 5.54 Å². The topological polar surface area (TPSA) is 55.1 Å². The molecule has 0 aromatic carbocycles. The van der Waals surface area contributed by atoms with Crippen molar-refractivity contribution in [3.8, 4) is 0 Å². The number of nitrogens with two attached hydrogens (primary N) is 1. The Bertz CT molecular complexity index is 263. The largest absolute Gasteiger partial charge is 0.352 e. The summed E-state index contributed by atoms with van der Waals surface area (Å²) >= 11 is 0. The van der Waals surface area contributed by atoms with Crippen LogP contribution in [0.5, 0.6) is 0 Å². The molecule has 0 heterocycles. The fraction of sp³-hybridized carbons (Fsp3) is 0.929. The maximum atomic E-state index is 12.2. The molecule has 0 spiro atoms. The molecule has 3 nitrogen and oxygen atoms in total. The third-order valence-electron chi connectivity index (χ3n) is 4.36. The van der Waals surface area contributed by atoms with Crippen molar-refractivity contribution in [2.75, 3.05) is 0 Å². The van der Waals surface area contributed by atoms with Gasteiger partial charge in [-0.25, -0.2) is 0 Å². The fourth-order valence-electron chi connectivity index (χ4n) is 2.81. The first-order valence-corrected chi connectivity index (χ1v) is 7.20. The standard InChI is InChI=1S/C14H26N2O/c1-14(15,11-9-10-11)13(17)16-12-7-5-3-2-4-6-8-12/h11-12H,2-10,15H2,1H3,(H,16,17). The number of hydrogen-bond donors (Lipinski definition) is 2. The van der Waals surface area contributed by atoms with Crippen LogP contribution in [0.4, 0.5) is 0 Å². The Balaban J connectivity index is 1.83. The Morgan fingerprint density at radius 3 is 2.12 bits per heavy atom. The smallest absolute Gasteiger partial charge is 0.240 e. The molecule has 3 N–H and O–H groups in total.